The van der Waals surface area contributed by atoms with Gasteiger partial charge in [0.05, 0.1) is 5.52 Å². The van der Waals surface area contributed by atoms with E-state index in [-0.39, 0.29) is 18.4 Å². The van der Waals surface area contributed by atoms with Crippen molar-refractivity contribution in [1.82, 2.24) is 14.8 Å². The number of piperazine rings is 1. The lowest BCUT2D eigenvalue weighted by atomic mass is 10.1. The number of carbonyl (C=O) groups excluding carboxylic acids is 2. The number of nitrogens with zero attached hydrogens (tertiary/aromatic N) is 3. The number of fused-ring (bicyclic) bond motifs is 1. The minimum atomic E-state index is -0.0575. The molecule has 1 aromatic carbocycles. The maximum absolute atomic E-state index is 12.4. The fourth-order valence-corrected chi connectivity index (χ4v) is 3.05. The summed E-state index contributed by atoms with van der Waals surface area (Å²) in [5.41, 5.74) is 2.86. The number of aromatic nitrogens is 1. The fourth-order valence-electron chi connectivity index (χ4n) is 3.05. The van der Waals surface area contributed by atoms with Crippen LogP contribution in [0.1, 0.15) is 18.2 Å². The molecule has 0 unspecified atom stereocenters. The van der Waals surface area contributed by atoms with E-state index in [1.54, 1.807) is 16.7 Å². The van der Waals surface area contributed by atoms with E-state index in [1.165, 1.54) is 0 Å². The average molecular weight is 341 g/mol. The van der Waals surface area contributed by atoms with Crippen molar-refractivity contribution < 1.29 is 14.3 Å². The molecular weight excluding hydrogens is 318 g/mol. The Bertz CT molecular complexity index is 806. The van der Waals surface area contributed by atoms with E-state index in [0.29, 0.717) is 31.9 Å². The van der Waals surface area contributed by atoms with E-state index >= 15 is 0 Å². The van der Waals surface area contributed by atoms with Crippen LogP contribution in [0.3, 0.4) is 0 Å². The van der Waals surface area contributed by atoms with Crippen molar-refractivity contribution in [1.29, 1.82) is 0 Å². The van der Waals surface area contributed by atoms with Gasteiger partial charge in [-0.1, -0.05) is 6.07 Å². The summed E-state index contributed by atoms with van der Waals surface area (Å²) in [7, 11) is 0. The molecule has 0 atom stereocenters. The number of aryl methyl sites for hydroxylation is 2. The Balaban J connectivity index is 1.67. The first-order valence-corrected chi connectivity index (χ1v) is 8.48. The SMILES string of the molecule is CC(=O)N1CCN(C(=O)COc2cc(C)nc3cc(C)ccc23)CC1. The third-order valence-corrected chi connectivity index (χ3v) is 4.48. The van der Waals surface area contributed by atoms with Crippen LogP contribution in [-0.2, 0) is 9.59 Å². The molecule has 1 aliphatic heterocycles. The number of hydrogen-bond acceptors (Lipinski definition) is 4. The lowest BCUT2D eigenvalue weighted by Gasteiger charge is -2.34. The highest BCUT2D eigenvalue weighted by molar-refractivity contribution is 5.86. The van der Waals surface area contributed by atoms with Crippen molar-refractivity contribution in [2.24, 2.45) is 0 Å². The molecule has 0 N–H and O–H groups in total. The van der Waals surface area contributed by atoms with E-state index in [1.807, 2.05) is 38.1 Å². The van der Waals surface area contributed by atoms with Gasteiger partial charge in [-0.25, -0.2) is 0 Å². The standard InChI is InChI=1S/C19H23N3O3/c1-13-4-5-16-17(10-13)20-14(2)11-18(16)25-12-19(24)22-8-6-21(7-9-22)15(3)23/h4-5,10-11H,6-9,12H2,1-3H3. The number of hydrogen-bond donors (Lipinski definition) is 0. The second kappa shape index (κ2) is 7.09. The molecule has 2 heterocycles. The lowest BCUT2D eigenvalue weighted by molar-refractivity contribution is -0.139. The molecule has 1 fully saturated rings. The summed E-state index contributed by atoms with van der Waals surface area (Å²) in [5, 5.41) is 0.908. The highest BCUT2D eigenvalue weighted by Gasteiger charge is 2.22. The van der Waals surface area contributed by atoms with Crippen LogP contribution in [0.4, 0.5) is 0 Å². The first-order chi connectivity index (χ1) is 11.9. The fraction of sp³-hybridized carbons (Fsp3) is 0.421. The molecule has 6 nitrogen and oxygen atoms in total. The second-order valence-electron chi connectivity index (χ2n) is 6.46. The summed E-state index contributed by atoms with van der Waals surface area (Å²) < 4.78 is 5.82. The Labute approximate surface area is 147 Å². The minimum Gasteiger partial charge on any atom is -0.483 e. The van der Waals surface area contributed by atoms with Crippen molar-refractivity contribution in [3.05, 3.63) is 35.5 Å². The molecule has 0 aliphatic carbocycles. The molecule has 2 amide bonds. The number of carbonyl (C=O) groups is 2. The molecule has 1 aromatic heterocycles. The van der Waals surface area contributed by atoms with E-state index in [4.69, 9.17) is 4.74 Å². The van der Waals surface area contributed by atoms with E-state index in [0.717, 1.165) is 22.2 Å². The van der Waals surface area contributed by atoms with Crippen LogP contribution < -0.4 is 4.74 Å². The van der Waals surface area contributed by atoms with Gasteiger partial charge in [0, 0.05) is 50.2 Å². The van der Waals surface area contributed by atoms with Gasteiger partial charge >= 0.3 is 0 Å². The van der Waals surface area contributed by atoms with Crippen LogP contribution in [-0.4, -0.2) is 59.4 Å². The zero-order valence-electron chi connectivity index (χ0n) is 14.9. The van der Waals surface area contributed by atoms with Gasteiger partial charge < -0.3 is 14.5 Å². The predicted molar refractivity (Wildman–Crippen MR) is 95.5 cm³/mol. The maximum Gasteiger partial charge on any atom is 0.260 e. The van der Waals surface area contributed by atoms with Crippen molar-refractivity contribution in [3.63, 3.8) is 0 Å². The Kier molecular flexibility index (Phi) is 4.88. The molecule has 1 saturated heterocycles. The van der Waals surface area contributed by atoms with Gasteiger partial charge in [-0.3, -0.25) is 14.6 Å². The zero-order chi connectivity index (χ0) is 18.0. The van der Waals surface area contributed by atoms with Crippen LogP contribution in [0.15, 0.2) is 24.3 Å². The van der Waals surface area contributed by atoms with Crippen LogP contribution >= 0.6 is 0 Å². The van der Waals surface area contributed by atoms with Crippen molar-refractivity contribution >= 4 is 22.7 Å². The van der Waals surface area contributed by atoms with Crippen molar-refractivity contribution in [2.45, 2.75) is 20.8 Å². The van der Waals surface area contributed by atoms with Crippen LogP contribution in [0, 0.1) is 13.8 Å². The smallest absolute Gasteiger partial charge is 0.260 e. The average Bonchev–Trinajstić information content (AvgIpc) is 2.58. The Morgan fingerprint density at radius 3 is 2.44 bits per heavy atom. The molecule has 3 rings (SSSR count). The molecule has 1 aliphatic rings. The van der Waals surface area contributed by atoms with Gasteiger partial charge in [-0.05, 0) is 31.5 Å². The molecule has 0 radical (unpaired) electrons. The summed E-state index contributed by atoms with van der Waals surface area (Å²) in [5.74, 6) is 0.675. The normalized spacial score (nSPS) is 14.7. The molecule has 0 bridgehead atoms. The first-order valence-electron chi connectivity index (χ1n) is 8.48. The second-order valence-corrected chi connectivity index (χ2v) is 6.46. The van der Waals surface area contributed by atoms with E-state index in [9.17, 15) is 9.59 Å². The minimum absolute atomic E-state index is 0.00744. The number of ether oxygens (including phenoxy) is 1. The van der Waals surface area contributed by atoms with Gasteiger partial charge in [0.1, 0.15) is 5.75 Å². The quantitative estimate of drug-likeness (QED) is 0.856. The largest absolute Gasteiger partial charge is 0.483 e. The van der Waals surface area contributed by atoms with Gasteiger partial charge in [-0.15, -0.1) is 0 Å². The van der Waals surface area contributed by atoms with Crippen molar-refractivity contribution in [3.8, 4) is 5.75 Å². The summed E-state index contributed by atoms with van der Waals surface area (Å²) >= 11 is 0. The maximum atomic E-state index is 12.4. The number of amides is 2. The number of pyridine rings is 1. The lowest BCUT2D eigenvalue weighted by Crippen LogP contribution is -2.51. The summed E-state index contributed by atoms with van der Waals surface area (Å²) in [6.45, 7) is 7.75. The molecular formula is C19H23N3O3. The van der Waals surface area contributed by atoms with E-state index in [2.05, 4.69) is 4.98 Å². The van der Waals surface area contributed by atoms with Crippen LogP contribution in [0.5, 0.6) is 5.75 Å². The molecule has 0 saturated carbocycles. The first kappa shape index (κ1) is 17.2. The summed E-state index contributed by atoms with van der Waals surface area (Å²) in [6, 6.07) is 7.86. The van der Waals surface area contributed by atoms with Crippen molar-refractivity contribution in [2.75, 3.05) is 32.8 Å². The monoisotopic (exact) mass is 341 g/mol. The van der Waals surface area contributed by atoms with Gasteiger partial charge in [0.2, 0.25) is 5.91 Å². The van der Waals surface area contributed by atoms with Crippen LogP contribution in [0.2, 0.25) is 0 Å². The highest BCUT2D eigenvalue weighted by atomic mass is 16.5. The Morgan fingerprint density at radius 2 is 1.76 bits per heavy atom. The molecule has 2 aromatic rings. The molecule has 25 heavy (non-hydrogen) atoms. The Hall–Kier alpha value is -2.63. The topological polar surface area (TPSA) is 62.7 Å². The third-order valence-electron chi connectivity index (χ3n) is 4.48. The van der Waals surface area contributed by atoms with Gasteiger partial charge in [-0.2, -0.15) is 0 Å². The van der Waals surface area contributed by atoms with Gasteiger partial charge in [0.15, 0.2) is 6.61 Å². The predicted octanol–water partition coefficient (Wildman–Crippen LogP) is 1.92. The zero-order valence-corrected chi connectivity index (χ0v) is 14.9. The molecule has 132 valence electrons. The number of benzene rings is 1. The summed E-state index contributed by atoms with van der Waals surface area (Å²) in [4.78, 5) is 31.8. The van der Waals surface area contributed by atoms with Crippen LogP contribution in [0.25, 0.3) is 10.9 Å². The highest BCUT2D eigenvalue weighted by Crippen LogP contribution is 2.26. The van der Waals surface area contributed by atoms with Gasteiger partial charge in [0.25, 0.3) is 5.91 Å². The Morgan fingerprint density at radius 1 is 1.08 bits per heavy atom. The third kappa shape index (κ3) is 3.90. The summed E-state index contributed by atoms with van der Waals surface area (Å²) in [6.07, 6.45) is 0. The number of rotatable bonds is 3. The van der Waals surface area contributed by atoms with E-state index < -0.39 is 0 Å². The molecule has 0 spiro atoms. The molecule has 6 heteroatoms.